The standard InChI is InChI=1S/C16H19BrClN3/c1-10(2)8-19-9-13-6-11(3)20-16(21-13)12-4-5-15(18)14(17)7-12/h4-7,10,19H,8-9H2,1-3H3. The fraction of sp³-hybridized carbons (Fsp3) is 0.375. The molecule has 2 aromatic rings. The van der Waals surface area contributed by atoms with Crippen LogP contribution in [0.15, 0.2) is 28.7 Å². The molecule has 0 saturated carbocycles. The summed E-state index contributed by atoms with van der Waals surface area (Å²) in [6, 6.07) is 7.75. The number of benzene rings is 1. The van der Waals surface area contributed by atoms with Gasteiger partial charge in [-0.2, -0.15) is 0 Å². The van der Waals surface area contributed by atoms with E-state index in [9.17, 15) is 0 Å². The van der Waals surface area contributed by atoms with E-state index in [-0.39, 0.29) is 0 Å². The molecule has 0 aliphatic heterocycles. The second-order valence-electron chi connectivity index (χ2n) is 5.48. The predicted octanol–water partition coefficient (Wildman–Crippen LogP) is 4.61. The van der Waals surface area contributed by atoms with Crippen molar-refractivity contribution in [1.82, 2.24) is 15.3 Å². The highest BCUT2D eigenvalue weighted by molar-refractivity contribution is 9.10. The Morgan fingerprint density at radius 1 is 1.24 bits per heavy atom. The van der Waals surface area contributed by atoms with Crippen molar-refractivity contribution in [3.63, 3.8) is 0 Å². The van der Waals surface area contributed by atoms with Crippen molar-refractivity contribution in [2.45, 2.75) is 27.3 Å². The van der Waals surface area contributed by atoms with Gasteiger partial charge < -0.3 is 5.32 Å². The van der Waals surface area contributed by atoms with E-state index in [2.05, 4.69) is 45.1 Å². The number of hydrogen-bond donors (Lipinski definition) is 1. The minimum absolute atomic E-state index is 0.625. The number of hydrogen-bond acceptors (Lipinski definition) is 3. The molecule has 0 saturated heterocycles. The van der Waals surface area contributed by atoms with Gasteiger partial charge in [0.15, 0.2) is 5.82 Å². The summed E-state index contributed by atoms with van der Waals surface area (Å²) in [5.74, 6) is 1.35. The van der Waals surface area contributed by atoms with Crippen LogP contribution < -0.4 is 5.32 Å². The van der Waals surface area contributed by atoms with Crippen LogP contribution >= 0.6 is 27.5 Å². The van der Waals surface area contributed by atoms with Crippen LogP contribution in [0.5, 0.6) is 0 Å². The maximum Gasteiger partial charge on any atom is 0.159 e. The molecular formula is C16H19BrClN3. The molecule has 3 nitrogen and oxygen atoms in total. The normalized spacial score (nSPS) is 11.1. The monoisotopic (exact) mass is 367 g/mol. The maximum absolute atomic E-state index is 6.03. The van der Waals surface area contributed by atoms with E-state index in [1.54, 1.807) is 0 Å². The fourth-order valence-corrected chi connectivity index (χ4v) is 2.47. The van der Waals surface area contributed by atoms with E-state index in [0.29, 0.717) is 10.9 Å². The smallest absolute Gasteiger partial charge is 0.159 e. The lowest BCUT2D eigenvalue weighted by Crippen LogP contribution is -2.20. The Labute approximate surface area is 139 Å². The molecule has 5 heteroatoms. The van der Waals surface area contributed by atoms with E-state index in [1.807, 2.05) is 31.2 Å². The lowest BCUT2D eigenvalue weighted by molar-refractivity contribution is 0.548. The molecule has 0 fully saturated rings. The summed E-state index contributed by atoms with van der Waals surface area (Å²) in [5, 5.41) is 4.09. The summed E-state index contributed by atoms with van der Waals surface area (Å²) >= 11 is 9.47. The Morgan fingerprint density at radius 3 is 2.67 bits per heavy atom. The van der Waals surface area contributed by atoms with Crippen LogP contribution in [-0.4, -0.2) is 16.5 Å². The van der Waals surface area contributed by atoms with Crippen molar-refractivity contribution < 1.29 is 0 Å². The SMILES string of the molecule is Cc1cc(CNCC(C)C)nc(-c2ccc(Cl)c(Br)c2)n1. The average molecular weight is 369 g/mol. The summed E-state index contributed by atoms with van der Waals surface area (Å²) in [6.07, 6.45) is 0. The molecule has 0 aliphatic rings. The van der Waals surface area contributed by atoms with Crippen molar-refractivity contribution in [3.05, 3.63) is 45.1 Å². The molecule has 1 heterocycles. The lowest BCUT2D eigenvalue weighted by atomic mass is 10.2. The lowest BCUT2D eigenvalue weighted by Gasteiger charge is -2.09. The molecule has 0 amide bonds. The highest BCUT2D eigenvalue weighted by Crippen LogP contribution is 2.27. The molecule has 21 heavy (non-hydrogen) atoms. The third kappa shape index (κ3) is 4.77. The molecule has 0 aliphatic carbocycles. The van der Waals surface area contributed by atoms with Gasteiger partial charge in [-0.25, -0.2) is 9.97 Å². The highest BCUT2D eigenvalue weighted by atomic mass is 79.9. The van der Waals surface area contributed by atoms with E-state index < -0.39 is 0 Å². The molecule has 0 bridgehead atoms. The number of nitrogens with zero attached hydrogens (tertiary/aromatic N) is 2. The van der Waals surface area contributed by atoms with E-state index in [0.717, 1.165) is 40.3 Å². The Morgan fingerprint density at radius 2 is 2.00 bits per heavy atom. The minimum Gasteiger partial charge on any atom is -0.311 e. The first-order valence-corrected chi connectivity index (χ1v) is 8.13. The third-order valence-electron chi connectivity index (χ3n) is 2.94. The number of halogens is 2. The molecule has 0 radical (unpaired) electrons. The second kappa shape index (κ2) is 7.34. The highest BCUT2D eigenvalue weighted by Gasteiger charge is 2.07. The van der Waals surface area contributed by atoms with Gasteiger partial charge in [-0.1, -0.05) is 25.4 Å². The Balaban J connectivity index is 2.23. The van der Waals surface area contributed by atoms with Gasteiger partial charge in [-0.05, 0) is 59.6 Å². The number of rotatable bonds is 5. The van der Waals surface area contributed by atoms with Gasteiger partial charge in [-0.3, -0.25) is 0 Å². The van der Waals surface area contributed by atoms with Gasteiger partial charge in [0.25, 0.3) is 0 Å². The van der Waals surface area contributed by atoms with Gasteiger partial charge in [0.05, 0.1) is 10.7 Å². The van der Waals surface area contributed by atoms with Gasteiger partial charge in [0, 0.05) is 22.3 Å². The molecule has 1 N–H and O–H groups in total. The van der Waals surface area contributed by atoms with Crippen LogP contribution in [0.3, 0.4) is 0 Å². The van der Waals surface area contributed by atoms with Crippen LogP contribution in [0, 0.1) is 12.8 Å². The van der Waals surface area contributed by atoms with Gasteiger partial charge in [-0.15, -0.1) is 0 Å². The first-order valence-electron chi connectivity index (χ1n) is 6.96. The van der Waals surface area contributed by atoms with E-state index >= 15 is 0 Å². The zero-order valence-corrected chi connectivity index (χ0v) is 14.8. The Bertz CT molecular complexity index is 629. The van der Waals surface area contributed by atoms with E-state index in [4.69, 9.17) is 11.6 Å². The summed E-state index contributed by atoms with van der Waals surface area (Å²) in [7, 11) is 0. The quantitative estimate of drug-likeness (QED) is 0.837. The number of nitrogens with one attached hydrogen (secondary N) is 1. The molecule has 0 atom stereocenters. The van der Waals surface area contributed by atoms with Gasteiger partial charge in [0.2, 0.25) is 0 Å². The van der Waals surface area contributed by atoms with Crippen molar-refractivity contribution in [1.29, 1.82) is 0 Å². The van der Waals surface area contributed by atoms with Crippen molar-refractivity contribution in [3.8, 4) is 11.4 Å². The predicted molar refractivity (Wildman–Crippen MR) is 91.5 cm³/mol. The third-order valence-corrected chi connectivity index (χ3v) is 4.16. The molecule has 2 rings (SSSR count). The zero-order chi connectivity index (χ0) is 15.4. The number of aryl methyl sites for hydroxylation is 1. The van der Waals surface area contributed by atoms with Crippen LogP contribution in [0.25, 0.3) is 11.4 Å². The largest absolute Gasteiger partial charge is 0.311 e. The summed E-state index contributed by atoms with van der Waals surface area (Å²) < 4.78 is 0.853. The molecule has 0 unspecified atom stereocenters. The average Bonchev–Trinajstić information content (AvgIpc) is 2.41. The Kier molecular flexibility index (Phi) is 5.73. The van der Waals surface area contributed by atoms with Crippen LogP contribution in [0.2, 0.25) is 5.02 Å². The van der Waals surface area contributed by atoms with E-state index in [1.165, 1.54) is 0 Å². The van der Waals surface area contributed by atoms with Crippen LogP contribution in [-0.2, 0) is 6.54 Å². The number of aromatic nitrogens is 2. The zero-order valence-electron chi connectivity index (χ0n) is 12.5. The summed E-state index contributed by atoms with van der Waals surface area (Å²) in [6.45, 7) is 8.10. The first kappa shape index (κ1) is 16.4. The molecular weight excluding hydrogens is 350 g/mol. The molecule has 112 valence electrons. The summed E-state index contributed by atoms with van der Waals surface area (Å²) in [4.78, 5) is 9.15. The topological polar surface area (TPSA) is 37.8 Å². The molecule has 1 aromatic carbocycles. The molecule has 0 spiro atoms. The van der Waals surface area contributed by atoms with Crippen LogP contribution in [0.1, 0.15) is 25.2 Å². The fourth-order valence-electron chi connectivity index (χ4n) is 1.98. The maximum atomic E-state index is 6.03. The minimum atomic E-state index is 0.625. The Hall–Kier alpha value is -0.970. The van der Waals surface area contributed by atoms with Crippen molar-refractivity contribution in [2.24, 2.45) is 5.92 Å². The van der Waals surface area contributed by atoms with Crippen LogP contribution in [0.4, 0.5) is 0 Å². The van der Waals surface area contributed by atoms with Gasteiger partial charge in [0.1, 0.15) is 0 Å². The second-order valence-corrected chi connectivity index (χ2v) is 6.74. The first-order chi connectivity index (χ1) is 9.95. The molecule has 1 aromatic heterocycles. The van der Waals surface area contributed by atoms with Crippen molar-refractivity contribution in [2.75, 3.05) is 6.54 Å². The van der Waals surface area contributed by atoms with Gasteiger partial charge >= 0.3 is 0 Å². The van der Waals surface area contributed by atoms with Crippen molar-refractivity contribution >= 4 is 27.5 Å². The summed E-state index contributed by atoms with van der Waals surface area (Å²) in [5.41, 5.74) is 2.93.